The topological polar surface area (TPSA) is 93.7 Å². The van der Waals surface area contributed by atoms with E-state index < -0.39 is 0 Å². The van der Waals surface area contributed by atoms with Gasteiger partial charge in [0.15, 0.2) is 0 Å². The molecule has 1 aliphatic rings. The molecule has 5 aromatic heterocycles. The molecular formula is C24H23ClN8O. The number of fused-ring (bicyclic) bond motifs is 2. The average Bonchev–Trinajstić information content (AvgIpc) is 3.49. The van der Waals surface area contributed by atoms with Gasteiger partial charge in [-0.15, -0.1) is 5.48 Å². The first kappa shape index (κ1) is 20.9. The minimum atomic E-state index is 0.396. The van der Waals surface area contributed by atoms with Crippen molar-refractivity contribution in [3.63, 3.8) is 0 Å². The summed E-state index contributed by atoms with van der Waals surface area (Å²) in [7, 11) is 0. The maximum absolute atomic E-state index is 6.10. The van der Waals surface area contributed by atoms with Crippen molar-refractivity contribution >= 4 is 28.6 Å². The van der Waals surface area contributed by atoms with Crippen molar-refractivity contribution in [3.05, 3.63) is 83.0 Å². The number of nitrogens with zero attached hydrogens (tertiary/aromatic N) is 6. The number of rotatable bonds is 8. The van der Waals surface area contributed by atoms with Crippen LogP contribution in [0, 0.1) is 6.92 Å². The quantitative estimate of drug-likeness (QED) is 0.324. The minimum absolute atomic E-state index is 0.396. The fourth-order valence-electron chi connectivity index (χ4n) is 4.08. The van der Waals surface area contributed by atoms with Crippen molar-refractivity contribution in [2.45, 2.75) is 38.8 Å². The van der Waals surface area contributed by atoms with Gasteiger partial charge in [-0.25, -0.2) is 15.0 Å². The van der Waals surface area contributed by atoms with E-state index >= 15 is 0 Å². The monoisotopic (exact) mass is 474 g/mol. The van der Waals surface area contributed by atoms with Crippen LogP contribution in [-0.4, -0.2) is 28.7 Å². The third-order valence-corrected chi connectivity index (χ3v) is 6.18. The van der Waals surface area contributed by atoms with Crippen molar-refractivity contribution < 1.29 is 4.84 Å². The normalized spacial score (nSPS) is 13.6. The number of nitrogens with one attached hydrogen (secondary N) is 2. The molecular weight excluding hydrogens is 452 g/mol. The van der Waals surface area contributed by atoms with Crippen molar-refractivity contribution in [1.29, 1.82) is 0 Å². The van der Waals surface area contributed by atoms with Crippen LogP contribution in [-0.2, 0) is 13.1 Å². The van der Waals surface area contributed by atoms with Gasteiger partial charge >= 0.3 is 0 Å². The molecule has 172 valence electrons. The van der Waals surface area contributed by atoms with Crippen LogP contribution in [0.15, 0.2) is 55.5 Å². The second-order valence-corrected chi connectivity index (χ2v) is 8.98. The average molecular weight is 475 g/mol. The summed E-state index contributed by atoms with van der Waals surface area (Å²) in [6.07, 6.45) is 11.9. The standard InChI is InChI=1S/C24H23ClN8O/c1-15-6-17(16-2-3-16)11-33-12-19(31-24(15)33)9-26-22-8-23(28-13-27-22)34-30-10-20-21-7-18(25)4-5-32(21)14-29-20/h4-8,11-14,16,30H,2-3,9-10H2,1H3,(H,26,27,28). The van der Waals surface area contributed by atoms with Crippen LogP contribution in [0.4, 0.5) is 5.82 Å². The molecule has 0 aromatic carbocycles. The van der Waals surface area contributed by atoms with E-state index in [0.717, 1.165) is 22.6 Å². The number of aromatic nitrogens is 6. The van der Waals surface area contributed by atoms with Crippen LogP contribution >= 0.6 is 11.6 Å². The van der Waals surface area contributed by atoms with Gasteiger partial charge in [0.05, 0.1) is 36.3 Å². The zero-order valence-corrected chi connectivity index (χ0v) is 19.3. The molecule has 6 rings (SSSR count). The molecule has 0 unspecified atom stereocenters. The molecule has 0 atom stereocenters. The molecule has 34 heavy (non-hydrogen) atoms. The summed E-state index contributed by atoms with van der Waals surface area (Å²) in [5, 5.41) is 3.96. The maximum atomic E-state index is 6.10. The van der Waals surface area contributed by atoms with Crippen LogP contribution < -0.4 is 15.6 Å². The Bertz CT molecular complexity index is 1490. The molecule has 9 nitrogen and oxygen atoms in total. The van der Waals surface area contributed by atoms with Gasteiger partial charge < -0.3 is 19.0 Å². The third-order valence-electron chi connectivity index (χ3n) is 5.94. The molecule has 10 heteroatoms. The Labute approximate surface area is 200 Å². The summed E-state index contributed by atoms with van der Waals surface area (Å²) in [5.74, 6) is 1.77. The highest BCUT2D eigenvalue weighted by atomic mass is 35.5. The lowest BCUT2D eigenvalue weighted by atomic mass is 10.1. The predicted molar refractivity (Wildman–Crippen MR) is 129 cm³/mol. The third kappa shape index (κ3) is 4.27. The molecule has 5 heterocycles. The lowest BCUT2D eigenvalue weighted by molar-refractivity contribution is 0.181. The lowest BCUT2D eigenvalue weighted by Gasteiger charge is -2.07. The number of halogens is 1. The van der Waals surface area contributed by atoms with Gasteiger partial charge in [-0.2, -0.15) is 4.98 Å². The van der Waals surface area contributed by atoms with Crippen LogP contribution in [0.2, 0.25) is 5.02 Å². The summed E-state index contributed by atoms with van der Waals surface area (Å²) >= 11 is 6.10. The number of hydrogen-bond donors (Lipinski definition) is 2. The van der Waals surface area contributed by atoms with E-state index in [2.05, 4.69) is 55.5 Å². The lowest BCUT2D eigenvalue weighted by Crippen LogP contribution is -2.19. The van der Waals surface area contributed by atoms with E-state index in [9.17, 15) is 0 Å². The van der Waals surface area contributed by atoms with Crippen LogP contribution in [0.1, 0.15) is 41.3 Å². The Hall–Kier alpha value is -3.69. The first-order valence-corrected chi connectivity index (χ1v) is 11.5. The molecule has 0 aliphatic heterocycles. The van der Waals surface area contributed by atoms with Gasteiger partial charge in [0.2, 0.25) is 5.88 Å². The van der Waals surface area contributed by atoms with Gasteiger partial charge in [0, 0.05) is 29.7 Å². The summed E-state index contributed by atoms with van der Waals surface area (Å²) in [5.41, 5.74) is 9.18. The summed E-state index contributed by atoms with van der Waals surface area (Å²) < 4.78 is 4.04. The second-order valence-electron chi connectivity index (χ2n) is 8.54. The Morgan fingerprint density at radius 2 is 2.00 bits per heavy atom. The summed E-state index contributed by atoms with van der Waals surface area (Å²) in [4.78, 5) is 23.2. The van der Waals surface area contributed by atoms with Gasteiger partial charge in [-0.3, -0.25) is 0 Å². The molecule has 1 aliphatic carbocycles. The predicted octanol–water partition coefficient (Wildman–Crippen LogP) is 4.31. The smallest absolute Gasteiger partial charge is 0.242 e. The highest BCUT2D eigenvalue weighted by Crippen LogP contribution is 2.40. The van der Waals surface area contributed by atoms with E-state index in [0.29, 0.717) is 35.7 Å². The minimum Gasteiger partial charge on any atom is -0.388 e. The van der Waals surface area contributed by atoms with Crippen molar-refractivity contribution in [2.24, 2.45) is 0 Å². The maximum Gasteiger partial charge on any atom is 0.242 e. The Morgan fingerprint density at radius 1 is 1.09 bits per heavy atom. The molecule has 5 aromatic rings. The molecule has 2 N–H and O–H groups in total. The number of pyridine rings is 2. The molecule has 1 saturated carbocycles. The van der Waals surface area contributed by atoms with Crippen molar-refractivity contribution in [3.8, 4) is 5.88 Å². The Balaban J connectivity index is 1.09. The summed E-state index contributed by atoms with van der Waals surface area (Å²) in [6, 6.07) is 7.69. The SMILES string of the molecule is Cc1cc(C2CC2)cn2cc(CNc3cc(ONCc4ncn5ccc(Cl)cc45)ncn3)nc12. The second kappa shape index (κ2) is 8.58. The number of hydrogen-bond acceptors (Lipinski definition) is 7. The van der Waals surface area contributed by atoms with Gasteiger partial charge in [-0.05, 0) is 48.9 Å². The van der Waals surface area contributed by atoms with Crippen LogP contribution in [0.5, 0.6) is 5.88 Å². The molecule has 0 bridgehead atoms. The van der Waals surface area contributed by atoms with Crippen LogP contribution in [0.25, 0.3) is 11.2 Å². The van der Waals surface area contributed by atoms with Gasteiger partial charge in [0.1, 0.15) is 17.8 Å². The molecule has 0 amide bonds. The fourth-order valence-corrected chi connectivity index (χ4v) is 4.24. The van der Waals surface area contributed by atoms with E-state index in [-0.39, 0.29) is 0 Å². The highest BCUT2D eigenvalue weighted by molar-refractivity contribution is 6.30. The Morgan fingerprint density at radius 3 is 2.88 bits per heavy atom. The first-order valence-electron chi connectivity index (χ1n) is 11.2. The first-order chi connectivity index (χ1) is 16.6. The number of hydroxylamine groups is 1. The number of aryl methyl sites for hydroxylation is 1. The summed E-state index contributed by atoms with van der Waals surface area (Å²) in [6.45, 7) is 3.06. The largest absolute Gasteiger partial charge is 0.388 e. The van der Waals surface area contributed by atoms with Gasteiger partial charge in [-0.1, -0.05) is 17.7 Å². The Kier molecular flexibility index (Phi) is 5.27. The number of imidazole rings is 2. The molecule has 1 fully saturated rings. The zero-order chi connectivity index (χ0) is 23.1. The fraction of sp³-hybridized carbons (Fsp3) is 0.250. The molecule has 0 saturated heterocycles. The van der Waals surface area contributed by atoms with Crippen molar-refractivity contribution in [1.82, 2.24) is 34.2 Å². The zero-order valence-electron chi connectivity index (χ0n) is 18.6. The van der Waals surface area contributed by atoms with Crippen molar-refractivity contribution in [2.75, 3.05) is 5.32 Å². The van der Waals surface area contributed by atoms with E-state index in [1.54, 1.807) is 12.4 Å². The van der Waals surface area contributed by atoms with E-state index in [1.165, 1.54) is 30.3 Å². The number of anilines is 1. The van der Waals surface area contributed by atoms with E-state index in [4.69, 9.17) is 21.4 Å². The molecule has 0 radical (unpaired) electrons. The van der Waals surface area contributed by atoms with E-state index in [1.807, 2.05) is 22.7 Å². The van der Waals surface area contributed by atoms with Crippen LogP contribution in [0.3, 0.4) is 0 Å². The molecule has 0 spiro atoms. The van der Waals surface area contributed by atoms with Gasteiger partial charge in [0.25, 0.3) is 0 Å². The highest BCUT2D eigenvalue weighted by Gasteiger charge is 2.24.